The lowest BCUT2D eigenvalue weighted by atomic mass is 9.91. The van der Waals surface area contributed by atoms with Gasteiger partial charge in [-0.15, -0.1) is 0 Å². The Morgan fingerprint density at radius 2 is 1.87 bits per heavy atom. The summed E-state index contributed by atoms with van der Waals surface area (Å²) in [5.41, 5.74) is 2.28. The number of benzene rings is 1. The molecule has 0 radical (unpaired) electrons. The predicted molar refractivity (Wildman–Crippen MR) is 120 cm³/mol. The summed E-state index contributed by atoms with van der Waals surface area (Å²) >= 11 is 0. The molecule has 1 aromatic rings. The minimum atomic E-state index is -0.194. The number of rotatable bonds is 5. The van der Waals surface area contributed by atoms with Crippen LogP contribution in [-0.4, -0.2) is 78.4 Å². The molecule has 2 aliphatic rings. The van der Waals surface area contributed by atoms with E-state index in [-0.39, 0.29) is 29.3 Å². The summed E-state index contributed by atoms with van der Waals surface area (Å²) in [6, 6.07) is 8.20. The van der Waals surface area contributed by atoms with Crippen LogP contribution in [0.15, 0.2) is 24.3 Å². The van der Waals surface area contributed by atoms with Gasteiger partial charge >= 0.3 is 0 Å². The van der Waals surface area contributed by atoms with Crippen LogP contribution < -0.4 is 5.32 Å². The number of nitrogens with one attached hydrogen (secondary N) is 1. The molecule has 2 saturated heterocycles. The second kappa shape index (κ2) is 9.48. The van der Waals surface area contributed by atoms with E-state index >= 15 is 0 Å². The first-order chi connectivity index (χ1) is 14.1. The summed E-state index contributed by atoms with van der Waals surface area (Å²) in [6.45, 7) is 13.1. The maximum absolute atomic E-state index is 13.2. The maximum atomic E-state index is 13.2. The van der Waals surface area contributed by atoms with Crippen molar-refractivity contribution >= 4 is 11.8 Å². The van der Waals surface area contributed by atoms with Gasteiger partial charge in [0.15, 0.2) is 0 Å². The van der Waals surface area contributed by atoms with E-state index < -0.39 is 0 Å². The second-order valence-electron chi connectivity index (χ2n) is 10.2. The van der Waals surface area contributed by atoms with Crippen molar-refractivity contribution in [1.82, 2.24) is 20.0 Å². The lowest BCUT2D eigenvalue weighted by molar-refractivity contribution is -0.137. The van der Waals surface area contributed by atoms with E-state index in [1.807, 2.05) is 15.9 Å². The fourth-order valence-electron chi connectivity index (χ4n) is 4.37. The van der Waals surface area contributed by atoms with Crippen LogP contribution in [-0.2, 0) is 16.1 Å². The maximum Gasteiger partial charge on any atom is 0.239 e. The Morgan fingerprint density at radius 1 is 1.17 bits per heavy atom. The topological polar surface area (TPSA) is 55.9 Å². The molecule has 2 amide bonds. The molecule has 30 heavy (non-hydrogen) atoms. The molecule has 0 saturated carbocycles. The zero-order valence-corrected chi connectivity index (χ0v) is 19.3. The molecule has 1 N–H and O–H groups in total. The van der Waals surface area contributed by atoms with Crippen LogP contribution in [0.1, 0.15) is 44.7 Å². The average Bonchev–Trinajstić information content (AvgIpc) is 3.14. The van der Waals surface area contributed by atoms with Gasteiger partial charge < -0.3 is 20.0 Å². The van der Waals surface area contributed by atoms with Gasteiger partial charge in [-0.2, -0.15) is 0 Å². The quantitative estimate of drug-likeness (QED) is 0.803. The van der Waals surface area contributed by atoms with Crippen molar-refractivity contribution in [3.8, 4) is 0 Å². The Balaban J connectivity index is 1.70. The number of amides is 2. The van der Waals surface area contributed by atoms with Gasteiger partial charge in [0.1, 0.15) is 0 Å². The Hall–Kier alpha value is -1.92. The standard InChI is InChI=1S/C24H38N4O2/c1-18-7-6-8-19(13-18)17-28(22(29)15-24(2,3)4)20-14-21(25-16-20)23(30)27-11-9-26(5)10-12-27/h6-8,13,20-21,25H,9-12,14-17H2,1-5H3. The first-order valence-corrected chi connectivity index (χ1v) is 11.2. The van der Waals surface area contributed by atoms with Crippen molar-refractivity contribution in [2.75, 3.05) is 39.8 Å². The molecule has 3 rings (SSSR count). The third kappa shape index (κ3) is 6.05. The van der Waals surface area contributed by atoms with Crippen molar-refractivity contribution in [3.05, 3.63) is 35.4 Å². The van der Waals surface area contributed by atoms with Crippen LogP contribution >= 0.6 is 0 Å². The molecular formula is C24H38N4O2. The van der Waals surface area contributed by atoms with Crippen molar-refractivity contribution in [2.45, 2.75) is 59.2 Å². The molecule has 2 aliphatic heterocycles. The zero-order valence-electron chi connectivity index (χ0n) is 19.3. The number of hydrogen-bond acceptors (Lipinski definition) is 4. The minimum Gasteiger partial charge on any atom is -0.339 e. The normalized spacial score (nSPS) is 22.9. The molecule has 2 atom stereocenters. The molecule has 2 heterocycles. The zero-order chi connectivity index (χ0) is 21.9. The fourth-order valence-corrected chi connectivity index (χ4v) is 4.37. The van der Waals surface area contributed by atoms with E-state index in [2.05, 4.69) is 63.2 Å². The van der Waals surface area contributed by atoms with Gasteiger partial charge in [-0.3, -0.25) is 9.59 Å². The summed E-state index contributed by atoms with van der Waals surface area (Å²) < 4.78 is 0. The molecule has 1 aromatic carbocycles. The Bertz CT molecular complexity index is 750. The van der Waals surface area contributed by atoms with Crippen LogP contribution in [0.25, 0.3) is 0 Å². The number of piperazine rings is 1. The molecule has 0 bridgehead atoms. The molecule has 6 nitrogen and oxygen atoms in total. The third-order valence-electron chi connectivity index (χ3n) is 6.10. The van der Waals surface area contributed by atoms with Crippen LogP contribution in [0.4, 0.5) is 0 Å². The van der Waals surface area contributed by atoms with Crippen LogP contribution in [0.3, 0.4) is 0 Å². The van der Waals surface area contributed by atoms with Crippen molar-refractivity contribution in [2.24, 2.45) is 5.41 Å². The van der Waals surface area contributed by atoms with Crippen molar-refractivity contribution in [1.29, 1.82) is 0 Å². The van der Waals surface area contributed by atoms with Gasteiger partial charge in [-0.25, -0.2) is 0 Å². The highest BCUT2D eigenvalue weighted by molar-refractivity contribution is 5.83. The number of carbonyl (C=O) groups excluding carboxylic acids is 2. The largest absolute Gasteiger partial charge is 0.339 e. The van der Waals surface area contributed by atoms with Crippen LogP contribution in [0.2, 0.25) is 0 Å². The summed E-state index contributed by atoms with van der Waals surface area (Å²) in [6.07, 6.45) is 1.19. The van der Waals surface area contributed by atoms with Crippen molar-refractivity contribution in [3.63, 3.8) is 0 Å². The van der Waals surface area contributed by atoms with E-state index in [4.69, 9.17) is 0 Å². The molecule has 0 aliphatic carbocycles. The molecule has 0 aromatic heterocycles. The Morgan fingerprint density at radius 3 is 2.50 bits per heavy atom. The first-order valence-electron chi connectivity index (χ1n) is 11.2. The number of carbonyl (C=O) groups is 2. The third-order valence-corrected chi connectivity index (χ3v) is 6.10. The second-order valence-corrected chi connectivity index (χ2v) is 10.2. The smallest absolute Gasteiger partial charge is 0.239 e. The van der Waals surface area contributed by atoms with Gasteiger partial charge in [0.05, 0.1) is 6.04 Å². The number of nitrogens with zero attached hydrogens (tertiary/aromatic N) is 3. The lowest BCUT2D eigenvalue weighted by Gasteiger charge is -2.34. The SMILES string of the molecule is Cc1cccc(CN(C(=O)CC(C)(C)C)C2CNC(C(=O)N3CCN(C)CC3)C2)c1. The Labute approximate surface area is 181 Å². The van der Waals surface area contributed by atoms with E-state index in [0.29, 0.717) is 25.9 Å². The average molecular weight is 415 g/mol. The van der Waals surface area contributed by atoms with E-state index in [1.54, 1.807) is 0 Å². The molecule has 6 heteroatoms. The fraction of sp³-hybridized carbons (Fsp3) is 0.667. The molecule has 2 fully saturated rings. The van der Waals surface area contributed by atoms with Crippen LogP contribution in [0.5, 0.6) is 0 Å². The lowest BCUT2D eigenvalue weighted by Crippen LogP contribution is -2.52. The number of aryl methyl sites for hydroxylation is 1. The van der Waals surface area contributed by atoms with Gasteiger partial charge in [0.2, 0.25) is 11.8 Å². The minimum absolute atomic E-state index is 0.0433. The van der Waals surface area contributed by atoms with E-state index in [1.165, 1.54) is 5.56 Å². The number of hydrogen-bond donors (Lipinski definition) is 1. The highest BCUT2D eigenvalue weighted by Gasteiger charge is 2.37. The van der Waals surface area contributed by atoms with E-state index in [9.17, 15) is 9.59 Å². The highest BCUT2D eigenvalue weighted by Crippen LogP contribution is 2.25. The summed E-state index contributed by atoms with van der Waals surface area (Å²) in [5.74, 6) is 0.355. The molecule has 2 unspecified atom stereocenters. The van der Waals surface area contributed by atoms with Crippen molar-refractivity contribution < 1.29 is 9.59 Å². The van der Waals surface area contributed by atoms with Gasteiger partial charge in [-0.1, -0.05) is 50.6 Å². The highest BCUT2D eigenvalue weighted by atomic mass is 16.2. The molecule has 166 valence electrons. The first kappa shape index (κ1) is 22.8. The van der Waals surface area contributed by atoms with Gasteiger partial charge in [0, 0.05) is 51.7 Å². The monoisotopic (exact) mass is 414 g/mol. The Kier molecular flexibility index (Phi) is 7.19. The van der Waals surface area contributed by atoms with E-state index in [0.717, 1.165) is 31.7 Å². The number of likely N-dealkylation sites (N-methyl/N-ethyl adjacent to an activating group) is 1. The van der Waals surface area contributed by atoms with Crippen LogP contribution in [0, 0.1) is 12.3 Å². The van der Waals surface area contributed by atoms with Gasteiger partial charge in [-0.05, 0) is 31.4 Å². The summed E-state index contributed by atoms with van der Waals surface area (Å²) in [7, 11) is 2.09. The molecule has 0 spiro atoms. The summed E-state index contributed by atoms with van der Waals surface area (Å²) in [5, 5.41) is 3.41. The molecular weight excluding hydrogens is 376 g/mol. The predicted octanol–water partition coefficient (Wildman–Crippen LogP) is 2.26. The van der Waals surface area contributed by atoms with Gasteiger partial charge in [0.25, 0.3) is 0 Å². The summed E-state index contributed by atoms with van der Waals surface area (Å²) in [4.78, 5) is 32.5.